The molecule has 1 N–H and O–H groups in total. The monoisotopic (exact) mass is 269 g/mol. The van der Waals surface area contributed by atoms with E-state index < -0.39 is 25.7 Å². The molecule has 1 rings (SSSR count). The topological polar surface area (TPSA) is 119 Å². The third-order valence-electron chi connectivity index (χ3n) is 1.71. The van der Waals surface area contributed by atoms with Crippen molar-refractivity contribution in [2.45, 2.75) is 18.1 Å². The van der Waals surface area contributed by atoms with Gasteiger partial charge in [0.15, 0.2) is 0 Å². The van der Waals surface area contributed by atoms with E-state index in [-0.39, 0.29) is 18.1 Å². The van der Waals surface area contributed by atoms with Crippen LogP contribution in [0.25, 0.3) is 0 Å². The molecule has 0 aromatic carbocycles. The maximum Gasteiger partial charge on any atom is 0.264 e. The van der Waals surface area contributed by atoms with Crippen LogP contribution in [0.4, 0.5) is 0 Å². The molecule has 1 aromatic rings. The van der Waals surface area contributed by atoms with Crippen molar-refractivity contribution in [1.29, 1.82) is 0 Å². The van der Waals surface area contributed by atoms with Crippen LogP contribution >= 0.6 is 0 Å². The maximum absolute atomic E-state index is 11.2. The van der Waals surface area contributed by atoms with Gasteiger partial charge in [0, 0.05) is 12.8 Å². The average molecular weight is 269 g/mol. The normalized spacial score (nSPS) is 12.9. The molecule has 0 radical (unpaired) electrons. The van der Waals surface area contributed by atoms with Crippen molar-refractivity contribution in [2.24, 2.45) is 0 Å². The molecule has 0 saturated carbocycles. The van der Waals surface area contributed by atoms with Gasteiger partial charge in [-0.05, 0) is 6.42 Å². The van der Waals surface area contributed by atoms with Crippen molar-refractivity contribution < 1.29 is 21.4 Å². The number of aromatic nitrogens is 3. The molecule has 0 saturated heterocycles. The fourth-order valence-electron chi connectivity index (χ4n) is 1.10. The predicted molar refractivity (Wildman–Crippen MR) is 54.2 cm³/mol. The number of nitrogens with zero attached hydrogens (tertiary/aromatic N) is 3. The van der Waals surface area contributed by atoms with Gasteiger partial charge >= 0.3 is 0 Å². The number of hydrogen-bond acceptors (Lipinski definition) is 6. The number of rotatable bonds is 5. The van der Waals surface area contributed by atoms with E-state index in [4.69, 9.17) is 4.55 Å². The van der Waals surface area contributed by atoms with Crippen molar-refractivity contribution in [3.63, 3.8) is 0 Å². The Labute approximate surface area is 93.0 Å². The molecular formula is C6H11N3O5S2. The first-order valence-corrected chi connectivity index (χ1v) is 7.73. The van der Waals surface area contributed by atoms with Crippen LogP contribution in [0.1, 0.15) is 6.42 Å². The van der Waals surface area contributed by atoms with E-state index in [2.05, 4.69) is 10.2 Å². The van der Waals surface area contributed by atoms with Crippen LogP contribution < -0.4 is 0 Å². The van der Waals surface area contributed by atoms with Crippen molar-refractivity contribution >= 4 is 20.0 Å². The van der Waals surface area contributed by atoms with E-state index in [9.17, 15) is 16.8 Å². The lowest BCUT2D eigenvalue weighted by Crippen LogP contribution is -2.12. The van der Waals surface area contributed by atoms with Gasteiger partial charge in [0.2, 0.25) is 15.0 Å². The minimum atomic E-state index is -4.03. The van der Waals surface area contributed by atoms with E-state index in [0.29, 0.717) is 0 Å². The largest absolute Gasteiger partial charge is 0.304 e. The van der Waals surface area contributed by atoms with Crippen LogP contribution in [-0.2, 0) is 26.5 Å². The predicted octanol–water partition coefficient (Wildman–Crippen LogP) is -1.04. The second-order valence-electron chi connectivity index (χ2n) is 3.22. The van der Waals surface area contributed by atoms with Gasteiger partial charge in [0.05, 0.1) is 5.75 Å². The highest BCUT2D eigenvalue weighted by Crippen LogP contribution is 2.05. The summed E-state index contributed by atoms with van der Waals surface area (Å²) in [5.74, 6) is -0.436. The number of sulfone groups is 1. The van der Waals surface area contributed by atoms with Crippen LogP contribution in [0.3, 0.4) is 0 Å². The van der Waals surface area contributed by atoms with Crippen LogP contribution in [0.2, 0.25) is 0 Å². The lowest BCUT2D eigenvalue weighted by Gasteiger charge is -2.03. The lowest BCUT2D eigenvalue weighted by molar-refractivity contribution is 0.476. The third kappa shape index (κ3) is 3.87. The zero-order chi connectivity index (χ0) is 12.4. The molecule has 0 spiro atoms. The lowest BCUT2D eigenvalue weighted by atomic mass is 10.5. The summed E-state index contributed by atoms with van der Waals surface area (Å²) in [5.41, 5.74) is 0. The van der Waals surface area contributed by atoms with E-state index >= 15 is 0 Å². The molecule has 0 aliphatic carbocycles. The zero-order valence-electron chi connectivity index (χ0n) is 8.44. The smallest absolute Gasteiger partial charge is 0.264 e. The SMILES string of the molecule is CS(=O)(=O)c1nncn1CCCS(=O)(=O)O. The maximum atomic E-state index is 11.2. The van der Waals surface area contributed by atoms with E-state index in [0.717, 1.165) is 6.26 Å². The molecule has 92 valence electrons. The van der Waals surface area contributed by atoms with Gasteiger partial charge in [-0.25, -0.2) is 8.42 Å². The Balaban J connectivity index is 2.73. The highest BCUT2D eigenvalue weighted by Gasteiger charge is 2.15. The molecule has 0 unspecified atom stereocenters. The first-order chi connectivity index (χ1) is 7.20. The van der Waals surface area contributed by atoms with Crippen LogP contribution in [0.5, 0.6) is 0 Å². The molecule has 0 aliphatic heterocycles. The minimum Gasteiger partial charge on any atom is -0.304 e. The minimum absolute atomic E-state index is 0.0827. The molecule has 0 aliphatic rings. The van der Waals surface area contributed by atoms with Gasteiger partial charge in [-0.3, -0.25) is 4.55 Å². The summed E-state index contributed by atoms with van der Waals surface area (Å²) in [6, 6.07) is 0. The summed E-state index contributed by atoms with van der Waals surface area (Å²) >= 11 is 0. The summed E-state index contributed by atoms with van der Waals surface area (Å²) < 4.78 is 53.0. The third-order valence-corrected chi connectivity index (χ3v) is 3.50. The second kappa shape index (κ2) is 4.47. The molecule has 1 aromatic heterocycles. The standard InChI is InChI=1S/C6H11N3O5S2/c1-15(10,11)6-8-7-5-9(6)3-2-4-16(12,13)14/h5H,2-4H2,1H3,(H,12,13,14). The summed E-state index contributed by atoms with van der Waals surface area (Å²) in [6.07, 6.45) is 2.26. The Morgan fingerprint density at radius 2 is 2.00 bits per heavy atom. The van der Waals surface area contributed by atoms with Gasteiger partial charge in [0.1, 0.15) is 6.33 Å². The summed E-state index contributed by atoms with van der Waals surface area (Å²) in [7, 11) is -7.51. The number of hydrogen-bond donors (Lipinski definition) is 1. The fourth-order valence-corrected chi connectivity index (χ4v) is 2.36. The first-order valence-electron chi connectivity index (χ1n) is 4.23. The number of aryl methyl sites for hydroxylation is 1. The quantitative estimate of drug-likeness (QED) is 0.678. The van der Waals surface area contributed by atoms with Crippen LogP contribution in [-0.4, -0.2) is 48.2 Å². The van der Waals surface area contributed by atoms with E-state index in [1.807, 2.05) is 0 Å². The van der Waals surface area contributed by atoms with Gasteiger partial charge in [0.25, 0.3) is 10.1 Å². The van der Waals surface area contributed by atoms with Crippen LogP contribution in [0, 0.1) is 0 Å². The van der Waals surface area contributed by atoms with E-state index in [1.165, 1.54) is 10.9 Å². The molecule has 0 fully saturated rings. The summed E-state index contributed by atoms with van der Waals surface area (Å²) in [6.45, 7) is 0.106. The van der Waals surface area contributed by atoms with Crippen molar-refractivity contribution in [1.82, 2.24) is 14.8 Å². The fraction of sp³-hybridized carbons (Fsp3) is 0.667. The van der Waals surface area contributed by atoms with E-state index in [1.54, 1.807) is 0 Å². The van der Waals surface area contributed by atoms with Gasteiger partial charge < -0.3 is 4.57 Å². The highest BCUT2D eigenvalue weighted by molar-refractivity contribution is 7.90. The zero-order valence-corrected chi connectivity index (χ0v) is 10.1. The Kier molecular flexibility index (Phi) is 3.65. The molecule has 0 amide bonds. The average Bonchev–Trinajstić information content (AvgIpc) is 2.48. The highest BCUT2D eigenvalue weighted by atomic mass is 32.2. The molecule has 16 heavy (non-hydrogen) atoms. The molecule has 1 heterocycles. The Morgan fingerprint density at radius 1 is 1.38 bits per heavy atom. The second-order valence-corrected chi connectivity index (χ2v) is 6.70. The molecule has 0 atom stereocenters. The van der Waals surface area contributed by atoms with Gasteiger partial charge in [-0.1, -0.05) is 0 Å². The van der Waals surface area contributed by atoms with Gasteiger partial charge in [-0.15, -0.1) is 10.2 Å². The molecule has 8 nitrogen and oxygen atoms in total. The van der Waals surface area contributed by atoms with Gasteiger partial charge in [-0.2, -0.15) is 8.42 Å². The van der Waals surface area contributed by atoms with Crippen molar-refractivity contribution in [3.8, 4) is 0 Å². The van der Waals surface area contributed by atoms with Crippen molar-refractivity contribution in [3.05, 3.63) is 6.33 Å². The van der Waals surface area contributed by atoms with Crippen LogP contribution in [0.15, 0.2) is 11.5 Å². The first kappa shape index (κ1) is 13.1. The Morgan fingerprint density at radius 3 is 2.50 bits per heavy atom. The molecule has 10 heteroatoms. The Bertz CT molecular complexity index is 559. The summed E-state index contributed by atoms with van der Waals surface area (Å²) in [5, 5.41) is 6.62. The molecule has 0 bridgehead atoms. The Hall–Kier alpha value is -1.00. The van der Waals surface area contributed by atoms with Crippen molar-refractivity contribution in [2.75, 3.05) is 12.0 Å². The summed E-state index contributed by atoms with van der Waals surface area (Å²) in [4.78, 5) is 0. The molecular weight excluding hydrogens is 258 g/mol.